The fourth-order valence-corrected chi connectivity index (χ4v) is 5.07. The number of nitrogens with zero attached hydrogens (tertiary/aromatic N) is 1. The maximum atomic E-state index is 13.1. The van der Waals surface area contributed by atoms with Crippen molar-refractivity contribution in [3.63, 3.8) is 0 Å². The molecule has 0 aromatic rings. The van der Waals surface area contributed by atoms with Crippen molar-refractivity contribution in [2.75, 3.05) is 13.7 Å². The number of aliphatic hydroxyl groups is 2. The van der Waals surface area contributed by atoms with Gasteiger partial charge in [-0.25, -0.2) is 4.79 Å². The molecule has 2 fully saturated rings. The zero-order valence-corrected chi connectivity index (χ0v) is 23.5. The lowest BCUT2D eigenvalue weighted by Crippen LogP contribution is -2.60. The summed E-state index contributed by atoms with van der Waals surface area (Å²) in [5.74, 6) is -5.44. The van der Waals surface area contributed by atoms with Gasteiger partial charge in [-0.3, -0.25) is 9.59 Å². The molecule has 0 radical (unpaired) electrons. The van der Waals surface area contributed by atoms with Crippen molar-refractivity contribution in [2.45, 2.75) is 108 Å². The number of Topliss-reactive ketones (excluding diaryl/α,β-unsaturated/α-hetero) is 1. The maximum Gasteiger partial charge on any atom is 0.329 e. The first-order valence-electron chi connectivity index (χ1n) is 13.3. The Morgan fingerprint density at radius 2 is 1.92 bits per heavy atom. The van der Waals surface area contributed by atoms with Gasteiger partial charge in [0, 0.05) is 19.6 Å². The average Bonchev–Trinajstić information content (AvgIpc) is 2.90. The number of thiol groups is 1. The Morgan fingerprint density at radius 3 is 2.59 bits per heavy atom. The monoisotopic (exact) mass is 541 g/mol. The highest BCUT2D eigenvalue weighted by Gasteiger charge is 2.52. The van der Waals surface area contributed by atoms with Crippen LogP contribution in [-0.2, 0) is 28.6 Å². The second kappa shape index (κ2) is 14.4. The lowest BCUT2D eigenvalue weighted by Gasteiger charge is -2.41. The summed E-state index contributed by atoms with van der Waals surface area (Å²) >= 11 is 4.20. The van der Waals surface area contributed by atoms with E-state index in [1.807, 2.05) is 26.0 Å². The Bertz CT molecular complexity index is 861. The summed E-state index contributed by atoms with van der Waals surface area (Å²) in [5, 5.41) is 20.8. The maximum absolute atomic E-state index is 13.1. The van der Waals surface area contributed by atoms with Gasteiger partial charge in [0.1, 0.15) is 23.7 Å². The van der Waals surface area contributed by atoms with Gasteiger partial charge in [0.05, 0.1) is 6.10 Å². The number of amides is 1. The Kier molecular flexibility index (Phi) is 12.3. The van der Waals surface area contributed by atoms with Gasteiger partial charge in [-0.1, -0.05) is 32.9 Å². The van der Waals surface area contributed by atoms with E-state index in [-0.39, 0.29) is 12.6 Å². The second-order valence-corrected chi connectivity index (χ2v) is 10.2. The van der Waals surface area contributed by atoms with Crippen molar-refractivity contribution >= 4 is 30.3 Å². The predicted octanol–water partition coefficient (Wildman–Crippen LogP) is 2.94. The molecule has 3 rings (SSSR count). The quantitative estimate of drug-likeness (QED) is 0.256. The Labute approximate surface area is 225 Å². The van der Waals surface area contributed by atoms with Crippen LogP contribution in [0, 0.1) is 5.92 Å². The van der Waals surface area contributed by atoms with E-state index >= 15 is 0 Å². The molecular weight excluding hydrogens is 498 g/mol. The highest BCUT2D eigenvalue weighted by Crippen LogP contribution is 2.35. The summed E-state index contributed by atoms with van der Waals surface area (Å²) in [7, 11) is 1.54. The number of carbonyl (C=O) groups is 3. The van der Waals surface area contributed by atoms with Crippen LogP contribution >= 0.6 is 12.6 Å². The Morgan fingerprint density at radius 1 is 1.22 bits per heavy atom. The number of rotatable bonds is 7. The molecule has 2 N–H and O–H groups in total. The van der Waals surface area contributed by atoms with E-state index in [1.54, 1.807) is 27.0 Å². The summed E-state index contributed by atoms with van der Waals surface area (Å²) in [6.45, 7) is 7.59. The molecule has 0 aromatic heterocycles. The summed E-state index contributed by atoms with van der Waals surface area (Å²) < 4.78 is 16.2. The molecule has 10 heteroatoms. The van der Waals surface area contributed by atoms with E-state index in [0.29, 0.717) is 44.9 Å². The van der Waals surface area contributed by atoms with Crippen molar-refractivity contribution in [3.05, 3.63) is 23.8 Å². The van der Waals surface area contributed by atoms with Gasteiger partial charge < -0.3 is 29.3 Å². The van der Waals surface area contributed by atoms with Crippen LogP contribution in [0.2, 0.25) is 0 Å². The molecule has 1 amide bonds. The minimum Gasteiger partial charge on any atom is -0.457 e. The molecule has 9 nitrogen and oxygen atoms in total. The van der Waals surface area contributed by atoms with E-state index < -0.39 is 53.1 Å². The topological polar surface area (TPSA) is 123 Å². The minimum atomic E-state index is -2.26. The molecule has 2 aliphatic heterocycles. The van der Waals surface area contributed by atoms with Crippen molar-refractivity contribution in [1.82, 2.24) is 4.90 Å². The van der Waals surface area contributed by atoms with Gasteiger partial charge in [-0.2, -0.15) is 0 Å². The van der Waals surface area contributed by atoms with Crippen molar-refractivity contribution < 1.29 is 38.8 Å². The molecule has 7 atom stereocenters. The molecule has 210 valence electrons. The van der Waals surface area contributed by atoms with E-state index in [2.05, 4.69) is 12.6 Å². The van der Waals surface area contributed by atoms with Crippen molar-refractivity contribution in [2.24, 2.45) is 5.92 Å². The molecule has 3 aliphatic rings. The highest BCUT2D eigenvalue weighted by atomic mass is 32.1. The smallest absolute Gasteiger partial charge is 0.329 e. The number of hydrogen-bond acceptors (Lipinski definition) is 9. The van der Waals surface area contributed by atoms with E-state index in [1.165, 1.54) is 4.90 Å². The fraction of sp³-hybridized carbons (Fsp3) is 0.741. The number of allylic oxidation sites excluding steroid dienone is 2. The largest absolute Gasteiger partial charge is 0.457 e. The first-order chi connectivity index (χ1) is 17.6. The number of ketones is 1. The summed E-state index contributed by atoms with van der Waals surface area (Å²) in [5.41, 5.74) is 0.326. The van der Waals surface area contributed by atoms with Crippen LogP contribution in [0.15, 0.2) is 23.8 Å². The Balaban J connectivity index is 0.00000235. The molecule has 2 heterocycles. The normalized spacial score (nSPS) is 33.1. The third kappa shape index (κ3) is 7.89. The van der Waals surface area contributed by atoms with Crippen molar-refractivity contribution in [3.8, 4) is 0 Å². The molecule has 0 saturated carbocycles. The molecule has 0 aromatic carbocycles. The SMILES string of the molecule is CC.COC1C=C(/C=C/C(C)OC(=O)C2CCCCN2C(=O)C(=O)C2(O)OC(S)CCC2C)CCC1O. The Hall–Kier alpha value is -1.72. The van der Waals surface area contributed by atoms with Crippen molar-refractivity contribution in [1.29, 1.82) is 0 Å². The highest BCUT2D eigenvalue weighted by molar-refractivity contribution is 7.80. The van der Waals surface area contributed by atoms with Crippen LogP contribution < -0.4 is 0 Å². The molecule has 7 unspecified atom stereocenters. The second-order valence-electron chi connectivity index (χ2n) is 9.64. The number of likely N-dealkylation sites (tertiary alicyclic amines) is 1. The van der Waals surface area contributed by atoms with E-state index in [4.69, 9.17) is 14.2 Å². The number of methoxy groups -OCH3 is 1. The summed E-state index contributed by atoms with van der Waals surface area (Å²) in [4.78, 5) is 40.3. The number of hydrogen-bond donors (Lipinski definition) is 3. The third-order valence-electron chi connectivity index (χ3n) is 7.03. The molecule has 1 aliphatic carbocycles. The summed E-state index contributed by atoms with van der Waals surface area (Å²) in [6.07, 6.45) is 7.98. The standard InChI is InChI=1S/C25H37NO8S.C2H6/c1-15-7-12-21(35)34-25(15,31)22(28)23(29)26-13-5-4-6-18(26)24(30)33-16(2)8-9-17-10-11-19(27)20(14-17)32-3;1-2/h8-9,14-16,18-21,27,31,35H,4-7,10-13H2,1-3H3;1-2H3/b9-8+;. The van der Waals surface area contributed by atoms with Crippen LogP contribution in [0.4, 0.5) is 0 Å². The molecule has 37 heavy (non-hydrogen) atoms. The van der Waals surface area contributed by atoms with Crippen LogP contribution in [0.25, 0.3) is 0 Å². The lowest BCUT2D eigenvalue weighted by atomic mass is 9.88. The minimum absolute atomic E-state index is 0.219. The molecule has 2 saturated heterocycles. The first kappa shape index (κ1) is 31.5. The van der Waals surface area contributed by atoms with Gasteiger partial charge >= 0.3 is 5.97 Å². The number of carbonyl (C=O) groups excluding carboxylic acids is 3. The molecule has 0 spiro atoms. The average molecular weight is 542 g/mol. The number of piperidine rings is 1. The van der Waals surface area contributed by atoms with Gasteiger partial charge in [-0.15, -0.1) is 12.6 Å². The van der Waals surface area contributed by atoms with Crippen LogP contribution in [0.1, 0.15) is 72.6 Å². The molecule has 0 bridgehead atoms. The van der Waals surface area contributed by atoms with Gasteiger partial charge in [0.15, 0.2) is 0 Å². The third-order valence-corrected chi connectivity index (χ3v) is 7.39. The first-order valence-corrected chi connectivity index (χ1v) is 13.8. The zero-order valence-electron chi connectivity index (χ0n) is 22.6. The predicted molar refractivity (Wildman–Crippen MR) is 142 cm³/mol. The van der Waals surface area contributed by atoms with Crippen LogP contribution in [0.5, 0.6) is 0 Å². The van der Waals surface area contributed by atoms with Gasteiger partial charge in [-0.05, 0) is 63.5 Å². The summed E-state index contributed by atoms with van der Waals surface area (Å²) in [6, 6.07) is -0.910. The number of aliphatic hydroxyl groups excluding tert-OH is 1. The van der Waals surface area contributed by atoms with Crippen LogP contribution in [-0.4, -0.2) is 82.0 Å². The van der Waals surface area contributed by atoms with Gasteiger partial charge in [0.2, 0.25) is 5.79 Å². The number of ether oxygens (including phenoxy) is 3. The lowest BCUT2D eigenvalue weighted by molar-refractivity contribution is -0.247. The molecular formula is C27H43NO8S. The van der Waals surface area contributed by atoms with Crippen LogP contribution in [0.3, 0.4) is 0 Å². The fourth-order valence-electron chi connectivity index (χ4n) is 4.76. The van der Waals surface area contributed by atoms with Gasteiger partial charge in [0.25, 0.3) is 11.7 Å². The van der Waals surface area contributed by atoms with E-state index in [9.17, 15) is 24.6 Å². The number of esters is 1. The zero-order chi connectivity index (χ0) is 27.8. The van der Waals surface area contributed by atoms with E-state index in [0.717, 1.165) is 5.57 Å².